The summed E-state index contributed by atoms with van der Waals surface area (Å²) >= 11 is 0. The van der Waals surface area contributed by atoms with Crippen molar-refractivity contribution in [1.29, 1.82) is 0 Å². The van der Waals surface area contributed by atoms with Gasteiger partial charge in [-0.15, -0.1) is 0 Å². The second-order valence-corrected chi connectivity index (χ2v) is 11.7. The highest BCUT2D eigenvalue weighted by Crippen LogP contribution is 2.53. The van der Waals surface area contributed by atoms with Gasteiger partial charge in [0, 0.05) is 32.9 Å². The van der Waals surface area contributed by atoms with Crippen LogP contribution in [0.4, 0.5) is 0 Å². The Hall–Kier alpha value is -3.32. The van der Waals surface area contributed by atoms with Gasteiger partial charge in [-0.05, 0) is 34.9 Å². The maximum Gasteiger partial charge on any atom is 0.0506 e. The zero-order valence-corrected chi connectivity index (χ0v) is 21.1. The predicted octanol–water partition coefficient (Wildman–Crippen LogP) is 8.29. The van der Waals surface area contributed by atoms with E-state index in [0.717, 1.165) is 0 Å². The number of rotatable bonds is 3. The number of hydrogen-bond acceptors (Lipinski definition) is 1. The fraction of sp³-hybridized carbons (Fsp3) is 0.273. The Labute approximate surface area is 204 Å². The van der Waals surface area contributed by atoms with Crippen molar-refractivity contribution in [1.82, 2.24) is 4.90 Å². The molecule has 0 spiro atoms. The first-order valence-electron chi connectivity index (χ1n) is 12.4. The second-order valence-electron chi connectivity index (χ2n) is 11.7. The van der Waals surface area contributed by atoms with E-state index in [1.54, 1.807) is 0 Å². The van der Waals surface area contributed by atoms with Crippen molar-refractivity contribution in [3.63, 3.8) is 0 Å². The Morgan fingerprint density at radius 3 is 0.971 bits per heavy atom. The van der Waals surface area contributed by atoms with Gasteiger partial charge in [-0.3, -0.25) is 0 Å². The predicted molar refractivity (Wildman–Crippen MR) is 144 cm³/mol. The van der Waals surface area contributed by atoms with E-state index in [9.17, 15) is 0 Å². The molecule has 34 heavy (non-hydrogen) atoms. The number of hydrogen-bond donors (Lipinski definition) is 0. The molecule has 0 radical (unpaired) electrons. The van der Waals surface area contributed by atoms with Crippen LogP contribution in [0, 0.1) is 0 Å². The van der Waals surface area contributed by atoms with Gasteiger partial charge in [-0.25, -0.2) is 0 Å². The molecule has 1 heteroatoms. The zero-order valence-electron chi connectivity index (χ0n) is 21.1. The minimum atomic E-state index is -0.0213. The average Bonchev–Trinajstić information content (AvgIpc) is 3.35. The van der Waals surface area contributed by atoms with Crippen LogP contribution in [0.5, 0.6) is 0 Å². The highest BCUT2D eigenvalue weighted by Gasteiger charge is 2.41. The molecule has 0 amide bonds. The quantitative estimate of drug-likeness (QED) is 0.393. The van der Waals surface area contributed by atoms with E-state index in [4.69, 9.17) is 0 Å². The van der Waals surface area contributed by atoms with E-state index >= 15 is 0 Å². The maximum atomic E-state index is 2.56. The van der Waals surface area contributed by atoms with Crippen LogP contribution in [0.25, 0.3) is 17.1 Å². The van der Waals surface area contributed by atoms with Gasteiger partial charge >= 0.3 is 0 Å². The fourth-order valence-electron chi connectivity index (χ4n) is 6.24. The molecule has 170 valence electrons. The van der Waals surface area contributed by atoms with Gasteiger partial charge < -0.3 is 4.90 Å². The van der Waals surface area contributed by atoms with Crippen LogP contribution in [-0.2, 0) is 16.2 Å². The number of benzene rings is 3. The van der Waals surface area contributed by atoms with Crippen molar-refractivity contribution < 1.29 is 0 Å². The van der Waals surface area contributed by atoms with Crippen LogP contribution in [-0.4, -0.2) is 4.90 Å². The SMILES string of the molecule is CC1(C)C=C(N(C2=CC(C)(C)c3ccccc32)C2=CC(C)(C)c3ccccc32)c2ccccc21. The first-order valence-corrected chi connectivity index (χ1v) is 12.4. The molecule has 0 fully saturated rings. The van der Waals surface area contributed by atoms with Crippen LogP contribution in [0.2, 0.25) is 0 Å². The van der Waals surface area contributed by atoms with Crippen LogP contribution in [0.15, 0.2) is 91.0 Å². The highest BCUT2D eigenvalue weighted by atomic mass is 15.2. The molecule has 3 aromatic rings. The molecule has 3 aromatic carbocycles. The molecule has 0 saturated heterocycles. The Morgan fingerprint density at radius 2 is 0.676 bits per heavy atom. The first-order chi connectivity index (χ1) is 16.1. The summed E-state index contributed by atoms with van der Waals surface area (Å²) in [5.41, 5.74) is 12.0. The van der Waals surface area contributed by atoms with Gasteiger partial charge in [0.2, 0.25) is 0 Å². The lowest BCUT2D eigenvalue weighted by Crippen LogP contribution is -2.18. The Morgan fingerprint density at radius 1 is 0.412 bits per heavy atom. The summed E-state index contributed by atoms with van der Waals surface area (Å²) in [6, 6.07) is 26.8. The monoisotopic (exact) mass is 443 g/mol. The highest BCUT2D eigenvalue weighted by molar-refractivity contribution is 5.95. The molecule has 0 N–H and O–H groups in total. The smallest absolute Gasteiger partial charge is 0.0506 e. The van der Waals surface area contributed by atoms with Crippen molar-refractivity contribution in [3.8, 4) is 0 Å². The normalized spacial score (nSPS) is 20.1. The molecule has 0 bridgehead atoms. The third-order valence-electron chi connectivity index (χ3n) is 7.91. The van der Waals surface area contributed by atoms with Crippen molar-refractivity contribution in [2.75, 3.05) is 0 Å². The van der Waals surface area contributed by atoms with E-state index in [0.29, 0.717) is 0 Å². The van der Waals surface area contributed by atoms with Crippen LogP contribution in [0.1, 0.15) is 74.9 Å². The lowest BCUT2D eigenvalue weighted by atomic mass is 9.87. The summed E-state index contributed by atoms with van der Waals surface area (Å²) in [6.07, 6.45) is 7.42. The van der Waals surface area contributed by atoms with Crippen molar-refractivity contribution in [2.45, 2.75) is 57.8 Å². The van der Waals surface area contributed by atoms with Gasteiger partial charge in [-0.2, -0.15) is 0 Å². The summed E-state index contributed by atoms with van der Waals surface area (Å²) in [6.45, 7) is 14.0. The zero-order chi connectivity index (χ0) is 23.9. The summed E-state index contributed by atoms with van der Waals surface area (Å²) in [5.74, 6) is 0. The van der Waals surface area contributed by atoms with Crippen LogP contribution < -0.4 is 0 Å². The summed E-state index contributed by atoms with van der Waals surface area (Å²) in [7, 11) is 0. The third-order valence-corrected chi connectivity index (χ3v) is 7.91. The fourth-order valence-corrected chi connectivity index (χ4v) is 6.24. The maximum absolute atomic E-state index is 2.56. The van der Waals surface area contributed by atoms with E-state index in [-0.39, 0.29) is 16.2 Å². The molecule has 0 unspecified atom stereocenters. The van der Waals surface area contributed by atoms with Crippen LogP contribution >= 0.6 is 0 Å². The summed E-state index contributed by atoms with van der Waals surface area (Å²) in [5, 5.41) is 0. The minimum absolute atomic E-state index is 0.0213. The topological polar surface area (TPSA) is 3.24 Å². The molecule has 0 saturated carbocycles. The number of allylic oxidation sites excluding steroid dienone is 3. The van der Waals surface area contributed by atoms with E-state index < -0.39 is 0 Å². The minimum Gasteiger partial charge on any atom is -0.310 e. The molecule has 3 aliphatic rings. The van der Waals surface area contributed by atoms with Gasteiger partial charge in [0.1, 0.15) is 0 Å². The average molecular weight is 444 g/mol. The molecular formula is C33H33N. The first kappa shape index (κ1) is 21.2. The van der Waals surface area contributed by atoms with Crippen molar-refractivity contribution in [2.24, 2.45) is 0 Å². The summed E-state index contributed by atoms with van der Waals surface area (Å²) < 4.78 is 0. The molecule has 6 rings (SSSR count). The standard InChI is InChI=1S/C33H33N/c1-31(2)19-28(22-13-7-10-16-25(22)31)34(29-20-32(3,4)26-17-11-8-14-23(26)29)30-21-33(5,6)27-18-12-9-15-24(27)30/h7-21H,1-6H3. The van der Waals surface area contributed by atoms with Gasteiger partial charge in [0.05, 0.1) is 17.1 Å². The molecule has 0 heterocycles. The Bertz CT molecular complexity index is 1250. The molecule has 3 aliphatic carbocycles. The van der Waals surface area contributed by atoms with E-state index in [1.807, 2.05) is 0 Å². The van der Waals surface area contributed by atoms with Crippen LogP contribution in [0.3, 0.4) is 0 Å². The van der Waals surface area contributed by atoms with Crippen molar-refractivity contribution in [3.05, 3.63) is 124 Å². The molecule has 0 aliphatic heterocycles. The Balaban J connectivity index is 1.65. The largest absolute Gasteiger partial charge is 0.310 e. The molecule has 1 nitrogen and oxygen atoms in total. The van der Waals surface area contributed by atoms with E-state index in [1.165, 1.54) is 50.5 Å². The van der Waals surface area contributed by atoms with Crippen molar-refractivity contribution >= 4 is 17.1 Å². The van der Waals surface area contributed by atoms with Gasteiger partial charge in [0.25, 0.3) is 0 Å². The third kappa shape index (κ3) is 2.92. The van der Waals surface area contributed by atoms with E-state index in [2.05, 4.69) is 137 Å². The molecule has 0 aromatic heterocycles. The molecular weight excluding hydrogens is 410 g/mol. The summed E-state index contributed by atoms with van der Waals surface area (Å²) in [4.78, 5) is 2.56. The molecule has 0 atom stereocenters. The lowest BCUT2D eigenvalue weighted by Gasteiger charge is -2.30. The Kier molecular flexibility index (Phi) is 4.28. The number of nitrogens with zero attached hydrogens (tertiary/aromatic N) is 1. The second kappa shape index (κ2) is 6.85. The number of fused-ring (bicyclic) bond motifs is 3. The van der Waals surface area contributed by atoms with Gasteiger partial charge in [0.15, 0.2) is 0 Å². The van der Waals surface area contributed by atoms with Gasteiger partial charge in [-0.1, -0.05) is 114 Å². The lowest BCUT2D eigenvalue weighted by molar-refractivity contribution is 0.673.